The fourth-order valence-corrected chi connectivity index (χ4v) is 4.96. The molecule has 0 spiro atoms. The Kier molecular flexibility index (Phi) is 35.0. The summed E-state index contributed by atoms with van der Waals surface area (Å²) < 4.78 is 22.6. The monoisotopic (exact) mass is 771 g/mol. The van der Waals surface area contributed by atoms with Gasteiger partial charge in [-0.1, -0.05) is 118 Å². The van der Waals surface area contributed by atoms with Crippen molar-refractivity contribution in [1.29, 1.82) is 0 Å². The van der Waals surface area contributed by atoms with Crippen LogP contribution in [0.15, 0.2) is 85.1 Å². The number of carboxylic acid groups (broad SMARTS) is 1. The van der Waals surface area contributed by atoms with E-state index in [9.17, 15) is 19.5 Å². The Morgan fingerprint density at radius 1 is 0.545 bits per heavy atom. The van der Waals surface area contributed by atoms with Crippen molar-refractivity contribution >= 4 is 17.9 Å². The molecule has 9 heteroatoms. The van der Waals surface area contributed by atoms with Crippen LogP contribution in [0.3, 0.4) is 0 Å². The molecule has 0 rings (SSSR count). The average molecular weight is 771 g/mol. The highest BCUT2D eigenvalue weighted by molar-refractivity contribution is 5.71. The number of hydrogen-bond donors (Lipinski definition) is 1. The van der Waals surface area contributed by atoms with Gasteiger partial charge in [0.2, 0.25) is 0 Å². The van der Waals surface area contributed by atoms with Gasteiger partial charge in [0, 0.05) is 12.8 Å². The van der Waals surface area contributed by atoms with E-state index in [1.54, 1.807) is 0 Å². The maximum Gasteiger partial charge on any atom is 0.361 e. The summed E-state index contributed by atoms with van der Waals surface area (Å²) in [5, 5.41) is 9.61. The maximum absolute atomic E-state index is 12.7. The Labute approximate surface area is 334 Å². The minimum absolute atomic E-state index is 0.173. The third-order valence-corrected chi connectivity index (χ3v) is 8.15. The lowest BCUT2D eigenvalue weighted by Crippen LogP contribution is -2.40. The van der Waals surface area contributed by atoms with Crippen LogP contribution < -0.4 is 0 Å². The van der Waals surface area contributed by atoms with E-state index in [2.05, 4.69) is 98.9 Å². The molecule has 55 heavy (non-hydrogen) atoms. The standard InChI is InChI=1S/C46H75NO8/c1-6-8-10-12-14-16-18-20-21-22-23-25-27-29-31-33-35-37-44(49)55-42(41-54-46(45(50)51)52-39-38-47(3,4)5)40-53-43(48)36-34-32-30-28-26-24-19-17-15-13-11-9-7-2/h8-11,14-17,20-21,23-26,42,46H,6-7,12-13,18-19,22,27-41H2,1-5H3/p+1/b10-8-,11-9-,16-14-,17-15-,21-20-,25-23-,26-24-. The van der Waals surface area contributed by atoms with Crippen molar-refractivity contribution in [3.63, 3.8) is 0 Å². The van der Waals surface area contributed by atoms with E-state index >= 15 is 0 Å². The van der Waals surface area contributed by atoms with Crippen molar-refractivity contribution in [3.05, 3.63) is 85.1 Å². The van der Waals surface area contributed by atoms with Crippen LogP contribution >= 0.6 is 0 Å². The predicted octanol–water partition coefficient (Wildman–Crippen LogP) is 10.5. The molecular weight excluding hydrogens is 695 g/mol. The molecule has 0 radical (unpaired) electrons. The Balaban J connectivity index is 4.60. The Morgan fingerprint density at radius 3 is 1.45 bits per heavy atom. The smallest absolute Gasteiger partial charge is 0.361 e. The quantitative estimate of drug-likeness (QED) is 0.0221. The van der Waals surface area contributed by atoms with Crippen LogP contribution in [0.4, 0.5) is 0 Å². The normalized spacial score (nSPS) is 13.8. The fraction of sp³-hybridized carbons (Fsp3) is 0.630. The first-order valence-corrected chi connectivity index (χ1v) is 20.8. The van der Waals surface area contributed by atoms with Crippen molar-refractivity contribution in [2.75, 3.05) is 47.5 Å². The van der Waals surface area contributed by atoms with Crippen LogP contribution in [-0.2, 0) is 33.3 Å². The van der Waals surface area contributed by atoms with Gasteiger partial charge in [-0.15, -0.1) is 0 Å². The summed E-state index contributed by atoms with van der Waals surface area (Å²) in [4.78, 5) is 37.0. The molecule has 0 fully saturated rings. The number of hydrogen-bond acceptors (Lipinski definition) is 7. The predicted molar refractivity (Wildman–Crippen MR) is 226 cm³/mol. The van der Waals surface area contributed by atoms with Gasteiger partial charge in [0.05, 0.1) is 34.4 Å². The van der Waals surface area contributed by atoms with Gasteiger partial charge in [0.25, 0.3) is 6.29 Å². The van der Waals surface area contributed by atoms with E-state index in [-0.39, 0.29) is 38.6 Å². The zero-order valence-corrected chi connectivity index (χ0v) is 35.0. The van der Waals surface area contributed by atoms with Gasteiger partial charge >= 0.3 is 17.9 Å². The Morgan fingerprint density at radius 2 is 0.982 bits per heavy atom. The largest absolute Gasteiger partial charge is 0.477 e. The maximum atomic E-state index is 12.7. The molecule has 312 valence electrons. The van der Waals surface area contributed by atoms with E-state index in [0.29, 0.717) is 23.9 Å². The van der Waals surface area contributed by atoms with Crippen LogP contribution in [0, 0.1) is 0 Å². The van der Waals surface area contributed by atoms with Crippen molar-refractivity contribution < 1.29 is 42.9 Å². The minimum Gasteiger partial charge on any atom is -0.477 e. The van der Waals surface area contributed by atoms with Crippen LogP contribution in [0.5, 0.6) is 0 Å². The minimum atomic E-state index is -1.53. The average Bonchev–Trinajstić information content (AvgIpc) is 3.14. The molecule has 9 nitrogen and oxygen atoms in total. The number of unbranched alkanes of at least 4 members (excludes halogenated alkanes) is 7. The molecule has 0 aromatic carbocycles. The lowest BCUT2D eigenvalue weighted by atomic mass is 10.1. The summed E-state index contributed by atoms with van der Waals surface area (Å²) in [6, 6.07) is 0. The second-order valence-electron chi connectivity index (χ2n) is 14.5. The number of aliphatic carboxylic acids is 1. The third kappa shape index (κ3) is 38.5. The van der Waals surface area contributed by atoms with Gasteiger partial charge in [-0.2, -0.15) is 0 Å². The topological polar surface area (TPSA) is 108 Å². The first-order valence-electron chi connectivity index (χ1n) is 20.8. The second-order valence-corrected chi connectivity index (χ2v) is 14.5. The van der Waals surface area contributed by atoms with Crippen molar-refractivity contribution in [1.82, 2.24) is 0 Å². The molecule has 1 N–H and O–H groups in total. The number of carboxylic acids is 1. The second kappa shape index (κ2) is 37.4. The summed E-state index contributed by atoms with van der Waals surface area (Å²) in [5.41, 5.74) is 0. The highest BCUT2D eigenvalue weighted by atomic mass is 16.7. The van der Waals surface area contributed by atoms with Gasteiger partial charge in [0.1, 0.15) is 13.2 Å². The molecule has 0 aliphatic heterocycles. The van der Waals surface area contributed by atoms with E-state index in [4.69, 9.17) is 18.9 Å². The molecule has 0 aromatic heterocycles. The number of ether oxygens (including phenoxy) is 4. The molecule has 0 amide bonds. The zero-order valence-electron chi connectivity index (χ0n) is 35.0. The van der Waals surface area contributed by atoms with Gasteiger partial charge in [-0.05, 0) is 83.5 Å². The molecule has 0 bridgehead atoms. The number of rotatable bonds is 36. The number of carbonyl (C=O) groups excluding carboxylic acids is 2. The lowest BCUT2D eigenvalue weighted by molar-refractivity contribution is -0.870. The molecule has 2 atom stereocenters. The van der Waals surface area contributed by atoms with Crippen molar-refractivity contribution in [2.24, 2.45) is 0 Å². The number of likely N-dealkylation sites (N-methyl/N-ethyl adjacent to an activating group) is 1. The van der Waals surface area contributed by atoms with Crippen molar-refractivity contribution in [3.8, 4) is 0 Å². The van der Waals surface area contributed by atoms with Gasteiger partial charge in [-0.25, -0.2) is 4.79 Å². The number of nitrogens with zero attached hydrogens (tertiary/aromatic N) is 1. The number of allylic oxidation sites excluding steroid dienone is 14. The summed E-state index contributed by atoms with van der Waals surface area (Å²) in [6.45, 7) is 4.54. The lowest BCUT2D eigenvalue weighted by Gasteiger charge is -2.25. The third-order valence-electron chi connectivity index (χ3n) is 8.15. The Bertz CT molecular complexity index is 1170. The highest BCUT2D eigenvalue weighted by Crippen LogP contribution is 2.11. The van der Waals surface area contributed by atoms with E-state index in [0.717, 1.165) is 89.9 Å². The van der Waals surface area contributed by atoms with Crippen LogP contribution in [-0.4, -0.2) is 87.4 Å². The molecule has 2 unspecified atom stereocenters. The molecule has 0 heterocycles. The van der Waals surface area contributed by atoms with E-state index in [1.165, 1.54) is 0 Å². The molecule has 0 saturated heterocycles. The molecular formula is C46H76NO8+. The first-order chi connectivity index (χ1) is 26.6. The van der Waals surface area contributed by atoms with E-state index < -0.39 is 24.3 Å². The van der Waals surface area contributed by atoms with Gasteiger partial charge < -0.3 is 28.5 Å². The van der Waals surface area contributed by atoms with E-state index in [1.807, 2.05) is 21.1 Å². The molecule has 0 saturated carbocycles. The zero-order chi connectivity index (χ0) is 40.7. The van der Waals surface area contributed by atoms with Crippen LogP contribution in [0.1, 0.15) is 129 Å². The molecule has 0 aliphatic carbocycles. The van der Waals surface area contributed by atoms with Crippen LogP contribution in [0.2, 0.25) is 0 Å². The van der Waals surface area contributed by atoms with Crippen molar-refractivity contribution in [2.45, 2.75) is 142 Å². The summed E-state index contributed by atoms with van der Waals surface area (Å²) in [7, 11) is 5.92. The summed E-state index contributed by atoms with van der Waals surface area (Å²) >= 11 is 0. The molecule has 0 aromatic rings. The summed E-state index contributed by atoms with van der Waals surface area (Å²) in [5.74, 6) is -2.10. The van der Waals surface area contributed by atoms with Gasteiger partial charge in [-0.3, -0.25) is 9.59 Å². The number of quaternary nitrogens is 1. The first kappa shape index (κ1) is 51.5. The molecule has 0 aliphatic rings. The number of esters is 2. The Hall–Kier alpha value is -3.53. The SMILES string of the molecule is CC/C=C\C/C=C\C/C=C\C/C=C\CCCCCCC(=O)OC(COC(=O)CCCCC/C=C\C/C=C\C/C=C\CC)COC(OCC[N+](C)(C)C)C(=O)O. The van der Waals surface area contributed by atoms with Gasteiger partial charge in [0.15, 0.2) is 6.10 Å². The van der Waals surface area contributed by atoms with Crippen LogP contribution in [0.25, 0.3) is 0 Å². The number of carbonyl (C=O) groups is 3. The highest BCUT2D eigenvalue weighted by Gasteiger charge is 2.25. The fourth-order valence-electron chi connectivity index (χ4n) is 4.96. The summed E-state index contributed by atoms with van der Waals surface area (Å²) in [6.07, 6.45) is 43.6.